The van der Waals surface area contributed by atoms with Crippen molar-refractivity contribution in [2.45, 2.75) is 0 Å². The van der Waals surface area contributed by atoms with Crippen LogP contribution in [0, 0.1) is 0 Å². The van der Waals surface area contributed by atoms with Gasteiger partial charge in [-0.2, -0.15) is 0 Å². The first-order valence-electron chi connectivity index (χ1n) is 0. The van der Waals surface area contributed by atoms with E-state index < -0.39 is 0 Å². The molecule has 0 aromatic carbocycles. The summed E-state index contributed by atoms with van der Waals surface area (Å²) in [5, 5.41) is 0. The summed E-state index contributed by atoms with van der Waals surface area (Å²) in [6.07, 6.45) is 0. The van der Waals surface area contributed by atoms with Gasteiger partial charge in [0.05, 0.1) is 0 Å². The van der Waals surface area contributed by atoms with Crippen molar-refractivity contribution in [2.75, 3.05) is 0 Å². The summed E-state index contributed by atoms with van der Waals surface area (Å²) in [5.74, 6) is 0. The fraction of sp³-hybridized carbons (Fsp3) is 0. The van der Waals surface area contributed by atoms with Gasteiger partial charge in [0.1, 0.15) is 0 Å². The van der Waals surface area contributed by atoms with E-state index in [4.69, 9.17) is 0 Å². The predicted molar refractivity (Wildman–Crippen MR) is 11.6 cm³/mol. The molecular formula is H3AsFeO3. The van der Waals surface area contributed by atoms with E-state index in [1.165, 1.54) is 0 Å². The summed E-state index contributed by atoms with van der Waals surface area (Å²) in [4.78, 5) is 0. The molecule has 0 aromatic heterocycles. The first-order chi connectivity index (χ1) is 0. The summed E-state index contributed by atoms with van der Waals surface area (Å²) in [5.41, 5.74) is 0. The fourth-order valence-electron chi connectivity index (χ4n) is 0. The quantitative estimate of drug-likeness (QED) is 0.453. The normalized spacial score (nSPS) is 0. The Balaban J connectivity index is 0. The maximum atomic E-state index is 0. The molecule has 5 heteroatoms. The second-order valence-electron chi connectivity index (χ2n) is 0. The summed E-state index contributed by atoms with van der Waals surface area (Å²) >= 11 is 0. The van der Waals surface area contributed by atoms with Gasteiger partial charge in [0.25, 0.3) is 0 Å². The average molecular weight is 182 g/mol. The minimum absolute atomic E-state index is 0. The topological polar surface area (TPSA) is 90.0 Å². The van der Waals surface area contributed by atoms with Gasteiger partial charge in [-0.1, -0.05) is 0 Å². The van der Waals surface area contributed by atoms with Crippen LogP contribution in [0.15, 0.2) is 0 Å². The van der Waals surface area contributed by atoms with Gasteiger partial charge in [0, 0.05) is 18.0 Å². The van der Waals surface area contributed by atoms with Crippen LogP contribution in [-0.2, 0) is 17.1 Å². The van der Waals surface area contributed by atoms with Gasteiger partial charge in [-0.05, 0) is 0 Å². The predicted octanol–water partition coefficient (Wildman–Crippen LogP) is -0.914. The number of hydrogen-bond acceptors (Lipinski definition) is 3. The molecular weight excluding hydrogens is 179 g/mol. The van der Waals surface area contributed by atoms with E-state index in [1.807, 2.05) is 0 Å². The van der Waals surface area contributed by atoms with Crippen molar-refractivity contribution in [3.05, 3.63) is 0 Å². The zero-order valence-electron chi connectivity index (χ0n) is 2.14. The Kier molecular flexibility index (Phi) is 2700. The van der Waals surface area contributed by atoms with E-state index in [0.717, 1.165) is 0 Å². The molecule has 5 heavy (non-hydrogen) atoms. The largest absolute Gasteiger partial charge is 3.00 e. The van der Waals surface area contributed by atoms with E-state index in [2.05, 4.69) is 0 Å². The van der Waals surface area contributed by atoms with Gasteiger partial charge in [0.2, 0.25) is 0 Å². The van der Waals surface area contributed by atoms with Crippen molar-refractivity contribution in [3.63, 3.8) is 0 Å². The van der Waals surface area contributed by atoms with Crippen LogP contribution >= 0.6 is 0 Å². The molecule has 0 rings (SSSR count). The molecule has 3 nitrogen and oxygen atoms in total. The SMILES string of the molecule is [As].[Fe+3].[OH-].[OH-].[OH-]. The van der Waals surface area contributed by atoms with E-state index >= 15 is 0 Å². The Morgan fingerprint density at radius 2 is 0.600 bits per heavy atom. The van der Waals surface area contributed by atoms with Crippen LogP contribution in [0.25, 0.3) is 0 Å². The van der Waals surface area contributed by atoms with Crippen LogP contribution in [0.5, 0.6) is 0 Å². The third-order valence-electron chi connectivity index (χ3n) is 0. The Morgan fingerprint density at radius 1 is 0.600 bits per heavy atom. The molecule has 0 aromatic rings. The van der Waals surface area contributed by atoms with E-state index in [0.29, 0.717) is 0 Å². The molecule has 0 saturated carbocycles. The molecule has 0 amide bonds. The Morgan fingerprint density at radius 3 is 0.600 bits per heavy atom. The average Bonchev–Trinajstić information content (AvgIpc) is 0. The summed E-state index contributed by atoms with van der Waals surface area (Å²) in [6, 6.07) is 0. The maximum absolute atomic E-state index is 0. The summed E-state index contributed by atoms with van der Waals surface area (Å²) in [6.45, 7) is 0. The minimum atomic E-state index is 0. The molecule has 3 N–H and O–H groups in total. The van der Waals surface area contributed by atoms with Crippen molar-refractivity contribution in [2.24, 2.45) is 0 Å². The second kappa shape index (κ2) is 84.6. The molecule has 0 bridgehead atoms. The van der Waals surface area contributed by atoms with Crippen molar-refractivity contribution in [1.29, 1.82) is 0 Å². The molecule has 0 aliphatic heterocycles. The second-order valence-corrected chi connectivity index (χ2v) is 0. The van der Waals surface area contributed by atoms with Crippen molar-refractivity contribution in [1.82, 2.24) is 0 Å². The van der Waals surface area contributed by atoms with Crippen LogP contribution in [0.4, 0.5) is 0 Å². The molecule has 0 atom stereocenters. The molecule has 0 saturated heterocycles. The van der Waals surface area contributed by atoms with Crippen LogP contribution in [-0.4, -0.2) is 34.4 Å². The molecule has 0 fully saturated rings. The summed E-state index contributed by atoms with van der Waals surface area (Å²) in [7, 11) is 0. The van der Waals surface area contributed by atoms with Crippen LogP contribution in [0.2, 0.25) is 0 Å². The first-order valence-corrected chi connectivity index (χ1v) is 0. The van der Waals surface area contributed by atoms with Gasteiger partial charge in [0.15, 0.2) is 0 Å². The van der Waals surface area contributed by atoms with E-state index in [1.54, 1.807) is 0 Å². The third-order valence-corrected chi connectivity index (χ3v) is 0. The van der Waals surface area contributed by atoms with Gasteiger partial charge in [-0.15, -0.1) is 0 Å². The molecule has 0 aliphatic rings. The molecule has 0 spiro atoms. The third kappa shape index (κ3) is 47.3. The number of rotatable bonds is 0. The van der Waals surface area contributed by atoms with Gasteiger partial charge < -0.3 is 16.4 Å². The maximum Gasteiger partial charge on any atom is 3.00 e. The van der Waals surface area contributed by atoms with Gasteiger partial charge in [-0.25, -0.2) is 0 Å². The van der Waals surface area contributed by atoms with Gasteiger partial charge in [-0.3, -0.25) is 0 Å². The standard InChI is InChI=1S/As.Fe.3H2O/h;;3*1H2/q;+3;;;/p-3. The molecule has 34 valence electrons. The smallest absolute Gasteiger partial charge is 0.870 e. The Hall–Kier alpha value is 0.958. The Bertz CT molecular complexity index is 6.85. The van der Waals surface area contributed by atoms with Crippen molar-refractivity contribution < 1.29 is 33.5 Å². The molecule has 0 unspecified atom stereocenters. The zero-order valence-corrected chi connectivity index (χ0v) is 5.12. The molecule has 4 radical (unpaired) electrons. The first kappa shape index (κ1) is 160. The van der Waals surface area contributed by atoms with E-state index in [-0.39, 0.29) is 51.5 Å². The number of hydrogen-bond donors (Lipinski definition) is 0. The van der Waals surface area contributed by atoms with Crippen LogP contribution < -0.4 is 0 Å². The van der Waals surface area contributed by atoms with Crippen LogP contribution in [0.1, 0.15) is 0 Å². The summed E-state index contributed by atoms with van der Waals surface area (Å²) < 4.78 is 0. The zero-order chi connectivity index (χ0) is 0. The molecule has 0 aliphatic carbocycles. The Labute approximate surface area is 51.8 Å². The monoisotopic (exact) mass is 182 g/mol. The van der Waals surface area contributed by atoms with Crippen LogP contribution in [0.3, 0.4) is 0 Å². The van der Waals surface area contributed by atoms with Crippen molar-refractivity contribution in [3.8, 4) is 0 Å². The van der Waals surface area contributed by atoms with Gasteiger partial charge >= 0.3 is 17.1 Å². The molecule has 0 heterocycles. The van der Waals surface area contributed by atoms with Crippen molar-refractivity contribution >= 4 is 18.0 Å². The van der Waals surface area contributed by atoms with E-state index in [9.17, 15) is 0 Å². The minimum Gasteiger partial charge on any atom is -0.870 e. The fourth-order valence-corrected chi connectivity index (χ4v) is 0.